The minimum atomic E-state index is -1.18. The van der Waals surface area contributed by atoms with E-state index in [2.05, 4.69) is 20.8 Å². The summed E-state index contributed by atoms with van der Waals surface area (Å²) >= 11 is 0. The number of carboxylic acids is 2. The zero-order valence-electron chi connectivity index (χ0n) is 14.1. The molecule has 2 aromatic carbocycles. The van der Waals surface area contributed by atoms with Crippen LogP contribution < -0.4 is 10.2 Å². The zero-order chi connectivity index (χ0) is 18.7. The zero-order valence-corrected chi connectivity index (χ0v) is 15.3. The van der Waals surface area contributed by atoms with Gasteiger partial charge in [0.15, 0.2) is 0 Å². The Kier molecular flexibility index (Phi) is 12.8. The third-order valence-corrected chi connectivity index (χ3v) is 2.23. The van der Waals surface area contributed by atoms with Crippen molar-refractivity contribution in [1.29, 1.82) is 0 Å². The van der Waals surface area contributed by atoms with E-state index < -0.39 is 23.4 Å². The SMILES string of the molecule is C[C-](C)C.O=C(O)c1ccccc1[O-].O=C(O)c1ccccc1[O-].[Cr+3]. The van der Waals surface area contributed by atoms with Gasteiger partial charge in [-0.15, -0.1) is 0 Å². The van der Waals surface area contributed by atoms with Gasteiger partial charge in [0.2, 0.25) is 0 Å². The Morgan fingerprint density at radius 2 is 1.00 bits per heavy atom. The Hall–Kier alpha value is -2.49. The summed E-state index contributed by atoms with van der Waals surface area (Å²) in [6.07, 6.45) is 0. The van der Waals surface area contributed by atoms with Crippen molar-refractivity contribution in [3.8, 4) is 11.5 Å². The standard InChI is InChI=1S/2C7H6O3.C4H9.Cr/c2*8-6-4-2-1-3-5(6)7(9)10;1-4(2)3;/h2*1-4,8H,(H,9,10);1-3H3;/q;;-1;+3/p-2. The van der Waals surface area contributed by atoms with Crippen molar-refractivity contribution in [2.24, 2.45) is 0 Å². The fourth-order valence-corrected chi connectivity index (χ4v) is 1.29. The van der Waals surface area contributed by atoms with E-state index in [-0.39, 0.29) is 28.5 Å². The molecule has 25 heavy (non-hydrogen) atoms. The fraction of sp³-hybridized carbons (Fsp3) is 0.167. The molecule has 0 atom stereocenters. The number of carbonyl (C=O) groups is 2. The molecule has 0 saturated heterocycles. The minimum Gasteiger partial charge on any atom is -0.872 e. The van der Waals surface area contributed by atoms with Gasteiger partial charge in [-0.1, -0.05) is 47.9 Å². The van der Waals surface area contributed by atoms with Crippen molar-refractivity contribution in [2.75, 3.05) is 0 Å². The van der Waals surface area contributed by atoms with Crippen LogP contribution in [0.3, 0.4) is 0 Å². The van der Waals surface area contributed by atoms with Gasteiger partial charge in [-0.3, -0.25) is 0 Å². The summed E-state index contributed by atoms with van der Waals surface area (Å²) in [6, 6.07) is 11.1. The van der Waals surface area contributed by atoms with Crippen LogP contribution in [0.4, 0.5) is 0 Å². The third-order valence-electron chi connectivity index (χ3n) is 2.23. The molecule has 1 radical (unpaired) electrons. The van der Waals surface area contributed by atoms with E-state index >= 15 is 0 Å². The molecule has 0 aliphatic carbocycles. The molecule has 7 heteroatoms. The Morgan fingerprint density at radius 1 is 0.760 bits per heavy atom. The van der Waals surface area contributed by atoms with Gasteiger partial charge in [-0.2, -0.15) is 20.8 Å². The van der Waals surface area contributed by atoms with Gasteiger partial charge in [-0.05, 0) is 12.1 Å². The number of benzene rings is 2. The number of aromatic carboxylic acids is 2. The summed E-state index contributed by atoms with van der Waals surface area (Å²) < 4.78 is 0. The molecule has 0 bridgehead atoms. The van der Waals surface area contributed by atoms with Crippen molar-refractivity contribution in [2.45, 2.75) is 20.8 Å². The second-order valence-corrected chi connectivity index (χ2v) is 5.10. The predicted octanol–water partition coefficient (Wildman–Crippen LogP) is 2.53. The first kappa shape index (κ1) is 24.8. The number of para-hydroxylation sites is 2. The summed E-state index contributed by atoms with van der Waals surface area (Å²) in [6.45, 7) is 6.25. The summed E-state index contributed by atoms with van der Waals surface area (Å²) in [5.41, 5.74) is -0.356. The topological polar surface area (TPSA) is 121 Å². The molecular formula is C18H19CrO6. The van der Waals surface area contributed by atoms with Crippen molar-refractivity contribution in [3.63, 3.8) is 0 Å². The van der Waals surface area contributed by atoms with Crippen LogP contribution in [0, 0.1) is 5.92 Å². The molecule has 0 spiro atoms. The molecule has 0 aliphatic heterocycles. The van der Waals surface area contributed by atoms with E-state index in [0.29, 0.717) is 0 Å². The molecule has 0 unspecified atom stereocenters. The summed E-state index contributed by atoms with van der Waals surface area (Å²) in [4.78, 5) is 20.4. The van der Waals surface area contributed by atoms with Crippen LogP contribution in [0.15, 0.2) is 48.5 Å². The third kappa shape index (κ3) is 10.8. The molecular weight excluding hydrogens is 364 g/mol. The van der Waals surface area contributed by atoms with Gasteiger partial charge in [-0.25, -0.2) is 9.59 Å². The van der Waals surface area contributed by atoms with Crippen LogP contribution in [-0.2, 0) is 17.4 Å². The number of hydrogen-bond acceptors (Lipinski definition) is 4. The second kappa shape index (κ2) is 12.9. The average molecular weight is 383 g/mol. The van der Waals surface area contributed by atoms with E-state index in [4.69, 9.17) is 10.2 Å². The number of rotatable bonds is 2. The maximum Gasteiger partial charge on any atom is 3.00 e. The molecule has 0 saturated carbocycles. The maximum atomic E-state index is 10.7. The first-order valence-electron chi connectivity index (χ1n) is 6.92. The maximum absolute atomic E-state index is 10.7. The monoisotopic (exact) mass is 383 g/mol. The number of hydrogen-bond donors (Lipinski definition) is 2. The van der Waals surface area contributed by atoms with E-state index in [9.17, 15) is 19.8 Å². The van der Waals surface area contributed by atoms with Crippen LogP contribution in [0.2, 0.25) is 0 Å². The van der Waals surface area contributed by atoms with E-state index in [1.54, 1.807) is 0 Å². The van der Waals surface area contributed by atoms with Gasteiger partial charge < -0.3 is 26.3 Å². The second-order valence-electron chi connectivity index (χ2n) is 5.10. The molecule has 2 aromatic rings. The first-order valence-corrected chi connectivity index (χ1v) is 6.92. The predicted molar refractivity (Wildman–Crippen MR) is 86.0 cm³/mol. The van der Waals surface area contributed by atoms with Crippen molar-refractivity contribution in [3.05, 3.63) is 65.6 Å². The Balaban J connectivity index is 0. The molecule has 2 rings (SSSR count). The largest absolute Gasteiger partial charge is 3.00 e. The molecule has 0 amide bonds. The fourth-order valence-electron chi connectivity index (χ4n) is 1.29. The van der Waals surface area contributed by atoms with Crippen molar-refractivity contribution >= 4 is 11.9 Å². The molecule has 6 nitrogen and oxygen atoms in total. The molecule has 0 aromatic heterocycles. The quantitative estimate of drug-likeness (QED) is 0.769. The normalized spacial score (nSPS) is 8.80. The first-order chi connectivity index (χ1) is 11.2. The van der Waals surface area contributed by atoms with E-state index in [1.165, 1.54) is 54.4 Å². The molecule has 0 heterocycles. The summed E-state index contributed by atoms with van der Waals surface area (Å²) in [7, 11) is 0. The Labute approximate surface area is 157 Å². The van der Waals surface area contributed by atoms with Gasteiger partial charge in [0, 0.05) is 0 Å². The van der Waals surface area contributed by atoms with Crippen LogP contribution in [0.25, 0.3) is 0 Å². The molecule has 0 aliphatic rings. The van der Waals surface area contributed by atoms with Crippen LogP contribution in [0.5, 0.6) is 11.5 Å². The van der Waals surface area contributed by atoms with Gasteiger partial charge >= 0.3 is 29.3 Å². The van der Waals surface area contributed by atoms with Crippen LogP contribution in [-0.4, -0.2) is 22.2 Å². The molecule has 133 valence electrons. The minimum absolute atomic E-state index is 0. The Bertz CT molecular complexity index is 612. The van der Waals surface area contributed by atoms with Crippen molar-refractivity contribution < 1.29 is 47.4 Å². The molecule has 2 N–H and O–H groups in total. The van der Waals surface area contributed by atoms with Gasteiger partial charge in [0.1, 0.15) is 0 Å². The van der Waals surface area contributed by atoms with E-state index in [1.807, 2.05) is 0 Å². The van der Waals surface area contributed by atoms with Crippen LogP contribution >= 0.6 is 0 Å². The number of carboxylic acid groups (broad SMARTS) is 2. The van der Waals surface area contributed by atoms with Crippen LogP contribution in [0.1, 0.15) is 41.5 Å². The van der Waals surface area contributed by atoms with Crippen molar-refractivity contribution in [1.82, 2.24) is 0 Å². The van der Waals surface area contributed by atoms with Gasteiger partial charge in [0.05, 0.1) is 11.1 Å². The van der Waals surface area contributed by atoms with Gasteiger partial charge in [0.25, 0.3) is 0 Å². The summed E-state index contributed by atoms with van der Waals surface area (Å²) in [5, 5.41) is 38.1. The van der Waals surface area contributed by atoms with E-state index in [0.717, 1.165) is 0 Å². The molecule has 0 fully saturated rings. The Morgan fingerprint density at radius 3 is 1.16 bits per heavy atom. The smallest absolute Gasteiger partial charge is 0.872 e. The average Bonchev–Trinajstić information content (AvgIpc) is 2.47. The summed E-state index contributed by atoms with van der Waals surface area (Å²) in [5.74, 6) is -1.83.